The third kappa shape index (κ3) is 3.89. The van der Waals surface area contributed by atoms with Gasteiger partial charge in [0.25, 0.3) is 0 Å². The molecule has 1 aliphatic rings. The SMILES string of the molecule is COc1ccc(C(C=O)(c2ccsc2)C(N)N2CCc3ccsc3C2c2ccc(Cl)cc2)cc1. The summed E-state index contributed by atoms with van der Waals surface area (Å²) >= 11 is 9.51. The largest absolute Gasteiger partial charge is 0.497 e. The van der Waals surface area contributed by atoms with E-state index >= 15 is 0 Å². The smallest absolute Gasteiger partial charge is 0.137 e. The van der Waals surface area contributed by atoms with Crippen molar-refractivity contribution < 1.29 is 9.53 Å². The van der Waals surface area contributed by atoms with E-state index < -0.39 is 11.6 Å². The van der Waals surface area contributed by atoms with Crippen molar-refractivity contribution in [3.05, 3.63) is 109 Å². The number of nitrogens with two attached hydrogens (primary N) is 1. The van der Waals surface area contributed by atoms with Crippen LogP contribution in [0.25, 0.3) is 0 Å². The highest BCUT2D eigenvalue weighted by Crippen LogP contribution is 2.44. The normalized spacial score (nSPS) is 18.6. The van der Waals surface area contributed by atoms with Gasteiger partial charge in [-0.05, 0) is 81.2 Å². The first-order valence-corrected chi connectivity index (χ1v) is 13.2. The molecule has 0 amide bonds. The van der Waals surface area contributed by atoms with Gasteiger partial charge in [-0.25, -0.2) is 0 Å². The van der Waals surface area contributed by atoms with Gasteiger partial charge in [0.1, 0.15) is 17.5 Å². The van der Waals surface area contributed by atoms with Crippen LogP contribution in [0.5, 0.6) is 5.75 Å². The number of rotatable bonds is 7. The van der Waals surface area contributed by atoms with Crippen LogP contribution in [0.15, 0.2) is 76.8 Å². The molecule has 3 unspecified atom stereocenters. The summed E-state index contributed by atoms with van der Waals surface area (Å²) in [7, 11) is 1.63. The Morgan fingerprint density at radius 2 is 1.85 bits per heavy atom. The number of nitrogens with zero attached hydrogens (tertiary/aromatic N) is 1. The maximum Gasteiger partial charge on any atom is 0.137 e. The molecule has 4 nitrogen and oxygen atoms in total. The molecule has 1 aliphatic heterocycles. The van der Waals surface area contributed by atoms with Gasteiger partial charge in [-0.2, -0.15) is 11.3 Å². The van der Waals surface area contributed by atoms with Crippen LogP contribution in [0.2, 0.25) is 5.02 Å². The van der Waals surface area contributed by atoms with E-state index in [1.54, 1.807) is 29.8 Å². The minimum atomic E-state index is -1.04. The van der Waals surface area contributed by atoms with Crippen LogP contribution in [-0.2, 0) is 16.6 Å². The molecule has 0 aliphatic carbocycles. The fourth-order valence-electron chi connectivity index (χ4n) is 4.95. The minimum Gasteiger partial charge on any atom is -0.497 e. The number of carbonyl (C=O) groups is 1. The third-order valence-corrected chi connectivity index (χ3v) is 8.71. The van der Waals surface area contributed by atoms with E-state index in [0.717, 1.165) is 41.7 Å². The highest BCUT2D eigenvalue weighted by Gasteiger charge is 2.47. The molecule has 4 aromatic rings. The Morgan fingerprint density at radius 3 is 2.50 bits per heavy atom. The molecule has 0 fully saturated rings. The average molecular weight is 509 g/mol. The molecule has 2 aromatic heterocycles. The molecule has 3 atom stereocenters. The summed E-state index contributed by atoms with van der Waals surface area (Å²) in [6.45, 7) is 0.744. The van der Waals surface area contributed by atoms with Crippen LogP contribution in [0.4, 0.5) is 0 Å². The Balaban J connectivity index is 1.66. The number of thiophene rings is 2. The van der Waals surface area contributed by atoms with Gasteiger partial charge in [0.05, 0.1) is 19.3 Å². The second-order valence-corrected chi connectivity index (χ2v) is 10.6. The molecule has 2 aromatic carbocycles. The van der Waals surface area contributed by atoms with Crippen molar-refractivity contribution in [2.24, 2.45) is 5.73 Å². The number of benzene rings is 2. The molecule has 174 valence electrons. The monoisotopic (exact) mass is 508 g/mol. The van der Waals surface area contributed by atoms with Gasteiger partial charge in [0.15, 0.2) is 0 Å². The lowest BCUT2D eigenvalue weighted by Crippen LogP contribution is -2.59. The van der Waals surface area contributed by atoms with Gasteiger partial charge in [-0.1, -0.05) is 35.9 Å². The number of carbonyl (C=O) groups excluding carboxylic acids is 1. The predicted molar refractivity (Wildman–Crippen MR) is 140 cm³/mol. The molecule has 2 N–H and O–H groups in total. The summed E-state index contributed by atoms with van der Waals surface area (Å²) in [5.41, 5.74) is 10.3. The lowest BCUT2D eigenvalue weighted by Gasteiger charge is -2.46. The van der Waals surface area contributed by atoms with Crippen LogP contribution < -0.4 is 10.5 Å². The van der Waals surface area contributed by atoms with Gasteiger partial charge < -0.3 is 15.3 Å². The first-order valence-electron chi connectivity index (χ1n) is 11.0. The fourth-order valence-corrected chi connectivity index (χ4v) is 6.90. The van der Waals surface area contributed by atoms with E-state index in [9.17, 15) is 4.79 Å². The number of aldehydes is 1. The zero-order chi connectivity index (χ0) is 23.7. The van der Waals surface area contributed by atoms with Crippen molar-refractivity contribution in [2.45, 2.75) is 24.0 Å². The number of fused-ring (bicyclic) bond motifs is 1. The number of hydrogen-bond acceptors (Lipinski definition) is 6. The van der Waals surface area contributed by atoms with Gasteiger partial charge in [-0.3, -0.25) is 4.90 Å². The molecule has 3 heterocycles. The Hall–Kier alpha value is -2.48. The maximum absolute atomic E-state index is 13.1. The quantitative estimate of drug-likeness (QED) is 0.316. The Morgan fingerprint density at radius 1 is 1.09 bits per heavy atom. The predicted octanol–water partition coefficient (Wildman–Crippen LogP) is 5.89. The Kier molecular flexibility index (Phi) is 6.60. The number of methoxy groups -OCH3 is 1. The van der Waals surface area contributed by atoms with E-state index in [1.807, 2.05) is 53.2 Å². The van der Waals surface area contributed by atoms with Crippen LogP contribution in [0, 0.1) is 0 Å². The summed E-state index contributed by atoms with van der Waals surface area (Å²) < 4.78 is 5.36. The number of hydrogen-bond donors (Lipinski definition) is 1. The average Bonchev–Trinajstić information content (AvgIpc) is 3.58. The maximum atomic E-state index is 13.1. The molecule has 0 saturated heterocycles. The van der Waals surface area contributed by atoms with Crippen molar-refractivity contribution in [3.8, 4) is 5.75 Å². The van der Waals surface area contributed by atoms with Crippen molar-refractivity contribution in [1.29, 1.82) is 0 Å². The van der Waals surface area contributed by atoms with E-state index in [4.69, 9.17) is 22.1 Å². The van der Waals surface area contributed by atoms with Crippen molar-refractivity contribution in [3.63, 3.8) is 0 Å². The standard InChI is InChI=1S/C27H25ClN2O2S2/c1-32-23-8-4-20(5-9-23)27(17-31,21-12-14-33-16-21)26(29)30-13-10-19-11-15-34-25(19)24(30)18-2-6-22(28)7-3-18/h2-9,11-12,14-17,24,26H,10,13,29H2,1H3. The van der Waals surface area contributed by atoms with E-state index in [0.29, 0.717) is 5.02 Å². The third-order valence-electron chi connectivity index (χ3n) is 6.76. The molecular formula is C27H25ClN2O2S2. The molecule has 5 rings (SSSR count). The second-order valence-electron chi connectivity index (χ2n) is 8.42. The van der Waals surface area contributed by atoms with Crippen LogP contribution in [-0.4, -0.2) is 31.0 Å². The minimum absolute atomic E-state index is 0.0628. The fraction of sp³-hybridized carbons (Fsp3) is 0.222. The first kappa shape index (κ1) is 23.3. The van der Waals surface area contributed by atoms with Crippen molar-refractivity contribution in [2.75, 3.05) is 13.7 Å². The van der Waals surface area contributed by atoms with E-state index in [2.05, 4.69) is 28.5 Å². The van der Waals surface area contributed by atoms with Crippen molar-refractivity contribution in [1.82, 2.24) is 4.90 Å². The van der Waals surface area contributed by atoms with Gasteiger partial charge >= 0.3 is 0 Å². The highest BCUT2D eigenvalue weighted by molar-refractivity contribution is 7.10. The van der Waals surface area contributed by atoms with Crippen LogP contribution >= 0.6 is 34.3 Å². The lowest BCUT2D eigenvalue weighted by atomic mass is 9.73. The summed E-state index contributed by atoms with van der Waals surface area (Å²) in [5, 5.41) is 6.85. The molecule has 0 radical (unpaired) electrons. The number of halogens is 1. The van der Waals surface area contributed by atoms with Crippen molar-refractivity contribution >= 4 is 40.6 Å². The molecule has 0 spiro atoms. The van der Waals surface area contributed by atoms with E-state index in [1.165, 1.54) is 10.4 Å². The summed E-state index contributed by atoms with van der Waals surface area (Å²) in [4.78, 5) is 16.6. The molecular weight excluding hydrogens is 484 g/mol. The first-order chi connectivity index (χ1) is 16.6. The van der Waals surface area contributed by atoms with Crippen LogP contribution in [0.1, 0.15) is 33.2 Å². The highest BCUT2D eigenvalue weighted by atomic mass is 35.5. The zero-order valence-electron chi connectivity index (χ0n) is 18.7. The Bertz CT molecular complexity index is 1250. The summed E-state index contributed by atoms with van der Waals surface area (Å²) in [6, 6.07) is 19.7. The van der Waals surface area contributed by atoms with E-state index in [-0.39, 0.29) is 6.04 Å². The summed E-state index contributed by atoms with van der Waals surface area (Å²) in [5.74, 6) is 0.739. The number of ether oxygens (including phenoxy) is 1. The molecule has 7 heteroatoms. The second kappa shape index (κ2) is 9.64. The lowest BCUT2D eigenvalue weighted by molar-refractivity contribution is -0.113. The van der Waals surface area contributed by atoms with Gasteiger partial charge in [-0.15, -0.1) is 11.3 Å². The van der Waals surface area contributed by atoms with Gasteiger partial charge in [0, 0.05) is 16.4 Å². The Labute approximate surface area is 212 Å². The zero-order valence-corrected chi connectivity index (χ0v) is 21.1. The molecule has 34 heavy (non-hydrogen) atoms. The summed E-state index contributed by atoms with van der Waals surface area (Å²) in [6.07, 6.45) is 1.31. The van der Waals surface area contributed by atoms with Crippen LogP contribution in [0.3, 0.4) is 0 Å². The molecule has 0 saturated carbocycles. The topological polar surface area (TPSA) is 55.6 Å². The van der Waals surface area contributed by atoms with Gasteiger partial charge in [0.2, 0.25) is 0 Å². The molecule has 0 bridgehead atoms.